The van der Waals surface area contributed by atoms with Crippen LogP contribution in [0.25, 0.3) is 0 Å². The maximum Gasteiger partial charge on any atom is 0.337 e. The predicted molar refractivity (Wildman–Crippen MR) is 86.5 cm³/mol. The standard InChI is InChI=1S/C14H17IN2O4/c1-16(2)12(18)9-6-8(14(20)21-5)7-10(11(9)15)13(19)17(3)4/h6-7H,1-5H3. The second-order valence-electron chi connectivity index (χ2n) is 4.78. The number of benzene rings is 1. The van der Waals surface area contributed by atoms with E-state index in [-0.39, 0.29) is 17.4 Å². The van der Waals surface area contributed by atoms with E-state index in [1.807, 2.05) is 22.6 Å². The quantitative estimate of drug-likeness (QED) is 0.566. The lowest BCUT2D eigenvalue weighted by atomic mass is 10.0. The van der Waals surface area contributed by atoms with Crippen molar-refractivity contribution in [2.24, 2.45) is 0 Å². The molecule has 21 heavy (non-hydrogen) atoms. The Hall–Kier alpha value is -1.64. The van der Waals surface area contributed by atoms with Crippen LogP contribution in [-0.2, 0) is 4.74 Å². The highest BCUT2D eigenvalue weighted by Gasteiger charge is 2.23. The van der Waals surface area contributed by atoms with E-state index in [1.54, 1.807) is 28.2 Å². The first-order valence-electron chi connectivity index (χ1n) is 6.05. The summed E-state index contributed by atoms with van der Waals surface area (Å²) in [5.41, 5.74) is 0.774. The smallest absolute Gasteiger partial charge is 0.337 e. The average Bonchev–Trinajstić information content (AvgIpc) is 2.44. The zero-order chi connectivity index (χ0) is 16.3. The Morgan fingerprint density at radius 2 is 1.33 bits per heavy atom. The largest absolute Gasteiger partial charge is 0.465 e. The van der Waals surface area contributed by atoms with Gasteiger partial charge in [0, 0.05) is 31.8 Å². The highest BCUT2D eigenvalue weighted by atomic mass is 127. The number of hydrogen-bond acceptors (Lipinski definition) is 4. The Morgan fingerprint density at radius 3 is 1.62 bits per heavy atom. The van der Waals surface area contributed by atoms with Gasteiger partial charge in [0.1, 0.15) is 0 Å². The number of ether oxygens (including phenoxy) is 1. The molecule has 0 spiro atoms. The molecule has 0 fully saturated rings. The summed E-state index contributed by atoms with van der Waals surface area (Å²) in [6, 6.07) is 2.89. The van der Waals surface area contributed by atoms with Gasteiger partial charge in [-0.15, -0.1) is 0 Å². The van der Waals surface area contributed by atoms with E-state index in [0.717, 1.165) is 0 Å². The van der Waals surface area contributed by atoms with E-state index in [1.165, 1.54) is 29.0 Å². The second kappa shape index (κ2) is 6.88. The Bertz CT molecular complexity index is 556. The Kier molecular flexibility index (Phi) is 5.70. The number of halogens is 1. The highest BCUT2D eigenvalue weighted by Crippen LogP contribution is 2.23. The molecule has 0 aliphatic heterocycles. The molecule has 0 heterocycles. The van der Waals surface area contributed by atoms with Crippen LogP contribution in [0.4, 0.5) is 0 Å². The van der Waals surface area contributed by atoms with Crippen LogP contribution in [0.3, 0.4) is 0 Å². The van der Waals surface area contributed by atoms with Gasteiger partial charge in [0.2, 0.25) is 0 Å². The monoisotopic (exact) mass is 404 g/mol. The number of methoxy groups -OCH3 is 1. The van der Waals surface area contributed by atoms with E-state index in [0.29, 0.717) is 14.7 Å². The van der Waals surface area contributed by atoms with Crippen LogP contribution in [0.1, 0.15) is 31.1 Å². The fourth-order valence-corrected chi connectivity index (χ4v) is 2.43. The molecule has 0 bridgehead atoms. The molecule has 1 aromatic carbocycles. The van der Waals surface area contributed by atoms with Crippen LogP contribution >= 0.6 is 22.6 Å². The topological polar surface area (TPSA) is 66.9 Å². The molecule has 0 unspecified atom stereocenters. The summed E-state index contributed by atoms with van der Waals surface area (Å²) in [6.07, 6.45) is 0. The summed E-state index contributed by atoms with van der Waals surface area (Å²) in [7, 11) is 7.68. The van der Waals surface area contributed by atoms with Gasteiger partial charge < -0.3 is 14.5 Å². The molecule has 0 aromatic heterocycles. The first kappa shape index (κ1) is 17.4. The van der Waals surface area contributed by atoms with Gasteiger partial charge in [0.25, 0.3) is 11.8 Å². The van der Waals surface area contributed by atoms with Gasteiger partial charge in [-0.05, 0) is 34.7 Å². The van der Waals surface area contributed by atoms with Crippen LogP contribution in [0.5, 0.6) is 0 Å². The van der Waals surface area contributed by atoms with E-state index in [2.05, 4.69) is 4.74 Å². The number of nitrogens with zero attached hydrogens (tertiary/aromatic N) is 2. The van der Waals surface area contributed by atoms with Gasteiger partial charge in [0.15, 0.2) is 0 Å². The SMILES string of the molecule is COC(=O)c1cc(C(=O)N(C)C)c(I)c(C(=O)N(C)C)c1. The Morgan fingerprint density at radius 1 is 0.952 bits per heavy atom. The summed E-state index contributed by atoms with van der Waals surface area (Å²) in [6.45, 7) is 0. The van der Waals surface area contributed by atoms with Gasteiger partial charge in [-0.1, -0.05) is 0 Å². The normalized spacial score (nSPS) is 10.0. The van der Waals surface area contributed by atoms with Crippen molar-refractivity contribution in [1.82, 2.24) is 9.80 Å². The van der Waals surface area contributed by atoms with Crippen molar-refractivity contribution in [2.45, 2.75) is 0 Å². The molecule has 0 saturated heterocycles. The molecule has 0 aliphatic rings. The fourth-order valence-electron chi connectivity index (χ4n) is 1.65. The van der Waals surface area contributed by atoms with E-state index in [4.69, 9.17) is 0 Å². The van der Waals surface area contributed by atoms with Crippen LogP contribution in [-0.4, -0.2) is 62.9 Å². The fraction of sp³-hybridized carbons (Fsp3) is 0.357. The molecule has 0 radical (unpaired) electrons. The third-order valence-corrected chi connectivity index (χ3v) is 3.93. The van der Waals surface area contributed by atoms with Crippen LogP contribution in [0.2, 0.25) is 0 Å². The maximum absolute atomic E-state index is 12.2. The molecule has 2 amide bonds. The van der Waals surface area contributed by atoms with Crippen molar-refractivity contribution in [3.8, 4) is 0 Å². The molecule has 0 N–H and O–H groups in total. The summed E-state index contributed by atoms with van der Waals surface area (Å²) >= 11 is 1.94. The van der Waals surface area contributed by atoms with Crippen molar-refractivity contribution in [3.05, 3.63) is 32.4 Å². The molecular weight excluding hydrogens is 387 g/mol. The number of carbonyl (C=O) groups excluding carboxylic acids is 3. The lowest BCUT2D eigenvalue weighted by molar-refractivity contribution is 0.0600. The van der Waals surface area contributed by atoms with Gasteiger partial charge in [0.05, 0.1) is 23.8 Å². The van der Waals surface area contributed by atoms with Crippen molar-refractivity contribution >= 4 is 40.4 Å². The van der Waals surface area contributed by atoms with Gasteiger partial charge in [-0.25, -0.2) is 4.79 Å². The average molecular weight is 404 g/mol. The lowest BCUT2D eigenvalue weighted by Crippen LogP contribution is -2.27. The van der Waals surface area contributed by atoms with Crippen LogP contribution in [0, 0.1) is 3.57 Å². The molecule has 0 saturated carbocycles. The molecule has 6 nitrogen and oxygen atoms in total. The summed E-state index contributed by atoms with van der Waals surface area (Å²) in [4.78, 5) is 39.0. The minimum Gasteiger partial charge on any atom is -0.465 e. The molecule has 114 valence electrons. The molecular formula is C14H17IN2O4. The third kappa shape index (κ3) is 3.72. The zero-order valence-corrected chi connectivity index (χ0v) is 14.7. The lowest BCUT2D eigenvalue weighted by Gasteiger charge is -2.17. The van der Waals surface area contributed by atoms with Gasteiger partial charge in [-0.2, -0.15) is 0 Å². The van der Waals surface area contributed by atoms with E-state index >= 15 is 0 Å². The summed E-state index contributed by atoms with van der Waals surface area (Å²) in [5.74, 6) is -1.15. The Balaban J connectivity index is 3.57. The van der Waals surface area contributed by atoms with Crippen molar-refractivity contribution < 1.29 is 19.1 Å². The Labute approximate surface area is 137 Å². The van der Waals surface area contributed by atoms with Crippen LogP contribution in [0.15, 0.2) is 12.1 Å². The molecule has 0 atom stereocenters. The minimum absolute atomic E-state index is 0.174. The van der Waals surface area contributed by atoms with Gasteiger partial charge in [-0.3, -0.25) is 9.59 Å². The van der Waals surface area contributed by atoms with E-state index in [9.17, 15) is 14.4 Å². The number of carbonyl (C=O) groups is 3. The number of amides is 2. The van der Waals surface area contributed by atoms with Crippen molar-refractivity contribution in [1.29, 1.82) is 0 Å². The minimum atomic E-state index is -0.591. The first-order valence-corrected chi connectivity index (χ1v) is 7.13. The molecule has 1 rings (SSSR count). The van der Waals surface area contributed by atoms with E-state index < -0.39 is 5.97 Å². The summed E-state index contributed by atoms with van der Waals surface area (Å²) < 4.78 is 5.19. The predicted octanol–water partition coefficient (Wildman–Crippen LogP) is 1.48. The van der Waals surface area contributed by atoms with Crippen LogP contribution < -0.4 is 0 Å². The summed E-state index contributed by atoms with van der Waals surface area (Å²) in [5, 5.41) is 0. The van der Waals surface area contributed by atoms with Gasteiger partial charge >= 0.3 is 5.97 Å². The number of rotatable bonds is 3. The third-order valence-electron chi connectivity index (χ3n) is 2.77. The maximum atomic E-state index is 12.2. The molecule has 7 heteroatoms. The number of hydrogen-bond donors (Lipinski definition) is 0. The second-order valence-corrected chi connectivity index (χ2v) is 5.85. The van der Waals surface area contributed by atoms with Crippen molar-refractivity contribution in [2.75, 3.05) is 35.3 Å². The zero-order valence-electron chi connectivity index (χ0n) is 12.6. The molecule has 1 aromatic rings. The highest BCUT2D eigenvalue weighted by molar-refractivity contribution is 14.1. The molecule has 0 aliphatic carbocycles. The number of esters is 1. The first-order chi connectivity index (χ1) is 9.70. The van der Waals surface area contributed by atoms with Crippen molar-refractivity contribution in [3.63, 3.8) is 0 Å².